The molecule has 1 fully saturated rings. The first-order chi connectivity index (χ1) is 14.8. The minimum absolute atomic E-state index is 0.0243. The van der Waals surface area contributed by atoms with Gasteiger partial charge in [0.15, 0.2) is 5.82 Å². The lowest BCUT2D eigenvalue weighted by molar-refractivity contribution is -0.119. The molecule has 3 N–H and O–H groups in total. The Morgan fingerprint density at radius 2 is 2.00 bits per heavy atom. The van der Waals surface area contributed by atoms with Gasteiger partial charge >= 0.3 is 0 Å². The van der Waals surface area contributed by atoms with E-state index in [1.54, 1.807) is 43.0 Å². The molecule has 0 spiro atoms. The molecule has 1 atom stereocenters. The average Bonchev–Trinajstić information content (AvgIpc) is 3.17. The molecule has 3 amide bonds. The van der Waals surface area contributed by atoms with Gasteiger partial charge in [0.2, 0.25) is 11.8 Å². The van der Waals surface area contributed by atoms with Gasteiger partial charge in [0.25, 0.3) is 5.91 Å². The lowest BCUT2D eigenvalue weighted by atomic mass is 10.0. The zero-order valence-electron chi connectivity index (χ0n) is 17.5. The monoisotopic (exact) mass is 446 g/mol. The summed E-state index contributed by atoms with van der Waals surface area (Å²) in [5, 5.41) is 18.8. The molecule has 1 saturated heterocycles. The number of aryl methyl sites for hydroxylation is 1. The number of amides is 3. The predicted octanol–water partition coefficient (Wildman–Crippen LogP) is 2.17. The molecule has 0 saturated carbocycles. The maximum atomic E-state index is 12.6. The third kappa shape index (κ3) is 6.24. The van der Waals surface area contributed by atoms with Gasteiger partial charge in [-0.15, -0.1) is 11.8 Å². The van der Waals surface area contributed by atoms with Gasteiger partial charge in [-0.2, -0.15) is 0 Å². The first-order valence-corrected chi connectivity index (χ1v) is 11.1. The molecular formula is C21H26N4O5S. The molecule has 10 heteroatoms. The molecule has 0 radical (unpaired) electrons. The van der Waals surface area contributed by atoms with E-state index in [1.807, 2.05) is 0 Å². The SMILES string of the molecule is Cc1cc(NC(=O)[C@H](C)SCC(=O)NC2CCN(C(=O)c3ccccc3O)CC2)no1. The smallest absolute Gasteiger partial charge is 0.257 e. The molecule has 1 aliphatic heterocycles. The number of aromatic nitrogens is 1. The maximum absolute atomic E-state index is 12.6. The van der Waals surface area contributed by atoms with Gasteiger partial charge in [0, 0.05) is 25.2 Å². The highest BCUT2D eigenvalue weighted by Gasteiger charge is 2.26. The van der Waals surface area contributed by atoms with Crippen LogP contribution in [0.15, 0.2) is 34.9 Å². The second-order valence-corrected chi connectivity index (χ2v) is 8.75. The van der Waals surface area contributed by atoms with Crippen LogP contribution < -0.4 is 10.6 Å². The molecule has 9 nitrogen and oxygen atoms in total. The number of aromatic hydroxyl groups is 1. The largest absolute Gasteiger partial charge is 0.507 e. The van der Waals surface area contributed by atoms with E-state index in [0.717, 1.165) is 0 Å². The first-order valence-electron chi connectivity index (χ1n) is 10.1. The fraction of sp³-hybridized carbons (Fsp3) is 0.429. The summed E-state index contributed by atoms with van der Waals surface area (Å²) < 4.78 is 4.91. The zero-order chi connectivity index (χ0) is 22.4. The highest BCUT2D eigenvalue weighted by atomic mass is 32.2. The van der Waals surface area contributed by atoms with Crippen LogP contribution in [0.25, 0.3) is 0 Å². The molecular weight excluding hydrogens is 420 g/mol. The fourth-order valence-corrected chi connectivity index (χ4v) is 3.95. The normalized spacial score (nSPS) is 15.4. The first kappa shape index (κ1) is 22.7. The molecule has 1 aromatic carbocycles. The van der Waals surface area contributed by atoms with Crippen molar-refractivity contribution in [2.24, 2.45) is 0 Å². The summed E-state index contributed by atoms with van der Waals surface area (Å²) in [7, 11) is 0. The summed E-state index contributed by atoms with van der Waals surface area (Å²) in [6.07, 6.45) is 1.27. The maximum Gasteiger partial charge on any atom is 0.257 e. The standard InChI is InChI=1S/C21H26N4O5S/c1-13-11-18(24-30-13)23-20(28)14(2)31-12-19(27)22-15-7-9-25(10-8-15)21(29)16-5-3-4-6-17(16)26/h3-6,11,14-15,26H,7-10,12H2,1-2H3,(H,22,27)(H,23,24,28)/t14-/m0/s1. The van der Waals surface area contributed by atoms with Gasteiger partial charge in [0.05, 0.1) is 16.6 Å². The quantitative estimate of drug-likeness (QED) is 0.595. The summed E-state index contributed by atoms with van der Waals surface area (Å²) in [4.78, 5) is 38.7. The molecule has 3 rings (SSSR count). The van der Waals surface area contributed by atoms with Crippen LogP contribution >= 0.6 is 11.8 Å². The van der Waals surface area contributed by atoms with Crippen LogP contribution in [0, 0.1) is 6.92 Å². The lowest BCUT2D eigenvalue weighted by Crippen LogP contribution is -2.47. The van der Waals surface area contributed by atoms with Crippen LogP contribution in [-0.2, 0) is 9.59 Å². The number of rotatable bonds is 7. The molecule has 2 heterocycles. The minimum Gasteiger partial charge on any atom is -0.507 e. The summed E-state index contributed by atoms with van der Waals surface area (Å²) in [6, 6.07) is 8.08. The van der Waals surface area contributed by atoms with Crippen molar-refractivity contribution in [3.05, 3.63) is 41.7 Å². The molecule has 0 aliphatic carbocycles. The van der Waals surface area contributed by atoms with Crippen molar-refractivity contribution in [2.45, 2.75) is 38.0 Å². The summed E-state index contributed by atoms with van der Waals surface area (Å²) in [5.74, 6) is 0.475. The number of benzene rings is 1. The van der Waals surface area contributed by atoms with Crippen LogP contribution in [-0.4, -0.2) is 63.0 Å². The number of hydrogen-bond acceptors (Lipinski definition) is 7. The Labute approximate surface area is 184 Å². The Balaban J connectivity index is 1.38. The highest BCUT2D eigenvalue weighted by Crippen LogP contribution is 2.21. The van der Waals surface area contributed by atoms with Gasteiger partial charge in [-0.25, -0.2) is 0 Å². The van der Waals surface area contributed by atoms with Crippen molar-refractivity contribution in [1.82, 2.24) is 15.4 Å². The Morgan fingerprint density at radius 1 is 1.29 bits per heavy atom. The molecule has 31 heavy (non-hydrogen) atoms. The van der Waals surface area contributed by atoms with Crippen LogP contribution in [0.4, 0.5) is 5.82 Å². The van der Waals surface area contributed by atoms with Crippen LogP contribution in [0.5, 0.6) is 5.75 Å². The third-order valence-corrected chi connectivity index (χ3v) is 6.14. The van der Waals surface area contributed by atoms with E-state index in [9.17, 15) is 19.5 Å². The molecule has 1 aromatic heterocycles. The fourth-order valence-electron chi connectivity index (χ4n) is 3.25. The third-order valence-electron chi connectivity index (χ3n) is 4.99. The second-order valence-electron chi connectivity index (χ2n) is 7.42. The van der Waals surface area contributed by atoms with Crippen LogP contribution in [0.2, 0.25) is 0 Å². The van der Waals surface area contributed by atoms with Crippen molar-refractivity contribution < 1.29 is 24.0 Å². The summed E-state index contributed by atoms with van der Waals surface area (Å²) >= 11 is 1.24. The van der Waals surface area contributed by atoms with E-state index in [-0.39, 0.29) is 40.8 Å². The van der Waals surface area contributed by atoms with Gasteiger partial charge in [-0.3, -0.25) is 14.4 Å². The van der Waals surface area contributed by atoms with Crippen LogP contribution in [0.1, 0.15) is 35.9 Å². The summed E-state index contributed by atoms with van der Waals surface area (Å²) in [5.41, 5.74) is 0.287. The highest BCUT2D eigenvalue weighted by molar-refractivity contribution is 8.01. The number of carbonyl (C=O) groups excluding carboxylic acids is 3. The molecule has 0 unspecified atom stereocenters. The second kappa shape index (κ2) is 10.3. The molecule has 166 valence electrons. The van der Waals surface area contributed by atoms with E-state index in [4.69, 9.17) is 4.52 Å². The van der Waals surface area contributed by atoms with Gasteiger partial charge in [-0.05, 0) is 38.8 Å². The van der Waals surface area contributed by atoms with Crippen molar-refractivity contribution in [3.63, 3.8) is 0 Å². The lowest BCUT2D eigenvalue weighted by Gasteiger charge is -2.32. The molecule has 0 bridgehead atoms. The topological polar surface area (TPSA) is 125 Å². The number of phenols is 1. The minimum atomic E-state index is -0.430. The Bertz CT molecular complexity index is 939. The van der Waals surface area contributed by atoms with Gasteiger partial charge in [-0.1, -0.05) is 17.3 Å². The van der Waals surface area contributed by atoms with E-state index in [1.165, 1.54) is 17.8 Å². The summed E-state index contributed by atoms with van der Waals surface area (Å²) in [6.45, 7) is 4.46. The van der Waals surface area contributed by atoms with Crippen molar-refractivity contribution >= 4 is 35.3 Å². The van der Waals surface area contributed by atoms with Crippen molar-refractivity contribution in [1.29, 1.82) is 0 Å². The predicted molar refractivity (Wildman–Crippen MR) is 117 cm³/mol. The zero-order valence-corrected chi connectivity index (χ0v) is 18.3. The van der Waals surface area contributed by atoms with E-state index in [2.05, 4.69) is 15.8 Å². The number of hydrogen-bond donors (Lipinski definition) is 3. The van der Waals surface area contributed by atoms with E-state index in [0.29, 0.717) is 37.5 Å². The Hall–Kier alpha value is -3.01. The Morgan fingerprint density at radius 3 is 2.65 bits per heavy atom. The number of nitrogens with zero attached hydrogens (tertiary/aromatic N) is 2. The van der Waals surface area contributed by atoms with Crippen LogP contribution in [0.3, 0.4) is 0 Å². The number of anilines is 1. The Kier molecular flexibility index (Phi) is 7.56. The number of carbonyl (C=O) groups is 3. The number of para-hydroxylation sites is 1. The number of likely N-dealkylation sites (tertiary alicyclic amines) is 1. The number of piperidine rings is 1. The van der Waals surface area contributed by atoms with Crippen molar-refractivity contribution in [3.8, 4) is 5.75 Å². The van der Waals surface area contributed by atoms with Gasteiger partial charge in [0.1, 0.15) is 11.5 Å². The van der Waals surface area contributed by atoms with Gasteiger partial charge < -0.3 is 25.2 Å². The molecule has 1 aliphatic rings. The number of thioether (sulfide) groups is 1. The molecule has 2 aromatic rings. The van der Waals surface area contributed by atoms with E-state index < -0.39 is 5.25 Å². The van der Waals surface area contributed by atoms with Crippen molar-refractivity contribution in [2.75, 3.05) is 24.2 Å². The average molecular weight is 447 g/mol. The number of nitrogens with one attached hydrogen (secondary N) is 2. The number of phenolic OH excluding ortho intramolecular Hbond substituents is 1. The van der Waals surface area contributed by atoms with E-state index >= 15 is 0 Å².